The summed E-state index contributed by atoms with van der Waals surface area (Å²) in [7, 11) is 0. The summed E-state index contributed by atoms with van der Waals surface area (Å²) in [5, 5.41) is 2.41. The first-order valence-electron chi connectivity index (χ1n) is 9.56. The van der Waals surface area contributed by atoms with Crippen LogP contribution in [0.1, 0.15) is 50.9 Å². The average Bonchev–Trinajstić information content (AvgIpc) is 2.61. The quantitative estimate of drug-likeness (QED) is 0.510. The molecule has 0 aliphatic rings. The molecule has 0 spiro atoms. The van der Waals surface area contributed by atoms with Gasteiger partial charge >= 0.3 is 0 Å². The third kappa shape index (κ3) is 3.76. The van der Waals surface area contributed by atoms with Crippen molar-refractivity contribution in [3.8, 4) is 0 Å². The van der Waals surface area contributed by atoms with E-state index in [0.29, 0.717) is 0 Å². The number of pyridine rings is 2. The molecule has 1 aromatic carbocycles. The molecular weight excluding hydrogens is 306 g/mol. The van der Waals surface area contributed by atoms with E-state index >= 15 is 0 Å². The molecule has 132 valence electrons. The number of aromatic nitrogens is 2. The number of hydrogen-bond donors (Lipinski definition) is 0. The third-order valence-corrected chi connectivity index (χ3v) is 4.80. The molecule has 0 amide bonds. The highest BCUT2D eigenvalue weighted by atomic mass is 15.1. The average molecular weight is 335 g/mol. The zero-order valence-corrected chi connectivity index (χ0v) is 16.0. The Balaban J connectivity index is 2.22. The summed E-state index contributed by atoms with van der Waals surface area (Å²) in [6.07, 6.45) is 4.86. The zero-order chi connectivity index (χ0) is 17.8. The van der Waals surface area contributed by atoms with Crippen molar-refractivity contribution in [1.82, 2.24) is 9.97 Å². The van der Waals surface area contributed by atoms with Crippen molar-refractivity contribution >= 4 is 27.5 Å². The van der Waals surface area contributed by atoms with Gasteiger partial charge in [0, 0.05) is 40.9 Å². The fourth-order valence-corrected chi connectivity index (χ4v) is 3.35. The summed E-state index contributed by atoms with van der Waals surface area (Å²) in [6, 6.07) is 10.9. The van der Waals surface area contributed by atoms with Gasteiger partial charge in [-0.2, -0.15) is 0 Å². The van der Waals surface area contributed by atoms with Crippen molar-refractivity contribution in [3.63, 3.8) is 0 Å². The number of benzene rings is 1. The molecule has 3 aromatic rings. The van der Waals surface area contributed by atoms with Gasteiger partial charge in [0.2, 0.25) is 0 Å². The number of rotatable bonds is 7. The SMILES string of the molecule is CCCCN(CCCC)c1cc2ccc(C)nc2c2nc(C)ccc12. The molecule has 2 heterocycles. The Morgan fingerprint density at radius 2 is 1.40 bits per heavy atom. The van der Waals surface area contributed by atoms with Gasteiger partial charge in [-0.15, -0.1) is 0 Å². The molecule has 0 bridgehead atoms. The van der Waals surface area contributed by atoms with E-state index < -0.39 is 0 Å². The van der Waals surface area contributed by atoms with Crippen molar-refractivity contribution in [2.75, 3.05) is 18.0 Å². The number of hydrogen-bond acceptors (Lipinski definition) is 3. The zero-order valence-electron chi connectivity index (χ0n) is 16.0. The number of unbranched alkanes of at least 4 members (excludes halogenated alkanes) is 2. The molecular formula is C22H29N3. The number of aryl methyl sites for hydroxylation is 2. The second kappa shape index (κ2) is 7.81. The van der Waals surface area contributed by atoms with Crippen LogP contribution in [0, 0.1) is 13.8 Å². The highest BCUT2D eigenvalue weighted by Gasteiger charge is 2.14. The fraction of sp³-hybridized carbons (Fsp3) is 0.455. The smallest absolute Gasteiger partial charge is 0.0988 e. The Morgan fingerprint density at radius 3 is 2.04 bits per heavy atom. The lowest BCUT2D eigenvalue weighted by Gasteiger charge is -2.26. The number of fused-ring (bicyclic) bond motifs is 3. The molecule has 0 saturated heterocycles. The maximum absolute atomic E-state index is 4.86. The van der Waals surface area contributed by atoms with E-state index in [-0.39, 0.29) is 0 Å². The van der Waals surface area contributed by atoms with Crippen LogP contribution in [-0.4, -0.2) is 23.1 Å². The lowest BCUT2D eigenvalue weighted by atomic mass is 10.1. The number of anilines is 1. The van der Waals surface area contributed by atoms with Gasteiger partial charge in [-0.1, -0.05) is 32.8 Å². The Hall–Kier alpha value is -2.16. The van der Waals surface area contributed by atoms with Crippen molar-refractivity contribution in [2.24, 2.45) is 0 Å². The minimum absolute atomic E-state index is 1.02. The first-order valence-corrected chi connectivity index (χ1v) is 9.56. The Labute approximate surface area is 151 Å². The van der Waals surface area contributed by atoms with Crippen LogP contribution in [0.5, 0.6) is 0 Å². The fourth-order valence-electron chi connectivity index (χ4n) is 3.35. The van der Waals surface area contributed by atoms with Crippen LogP contribution < -0.4 is 4.90 Å². The molecule has 0 aliphatic heterocycles. The van der Waals surface area contributed by atoms with Crippen LogP contribution in [0.4, 0.5) is 5.69 Å². The van der Waals surface area contributed by atoms with E-state index in [1.54, 1.807) is 0 Å². The predicted octanol–water partition coefficient (Wildman–Crippen LogP) is 5.81. The Morgan fingerprint density at radius 1 is 0.800 bits per heavy atom. The van der Waals surface area contributed by atoms with Gasteiger partial charge in [0.1, 0.15) is 0 Å². The molecule has 0 saturated carbocycles. The van der Waals surface area contributed by atoms with Crippen LogP contribution in [0.2, 0.25) is 0 Å². The van der Waals surface area contributed by atoms with Gasteiger partial charge in [-0.3, -0.25) is 9.97 Å². The predicted molar refractivity (Wildman–Crippen MR) is 109 cm³/mol. The van der Waals surface area contributed by atoms with Crippen molar-refractivity contribution < 1.29 is 0 Å². The van der Waals surface area contributed by atoms with E-state index in [1.807, 2.05) is 6.92 Å². The van der Waals surface area contributed by atoms with Crippen LogP contribution in [0.15, 0.2) is 30.3 Å². The normalized spacial score (nSPS) is 11.4. The summed E-state index contributed by atoms with van der Waals surface area (Å²) < 4.78 is 0. The molecule has 0 aliphatic carbocycles. The van der Waals surface area contributed by atoms with Gasteiger partial charge < -0.3 is 4.90 Å². The lowest BCUT2D eigenvalue weighted by Crippen LogP contribution is -2.26. The van der Waals surface area contributed by atoms with Gasteiger partial charge in [0.15, 0.2) is 0 Å². The monoisotopic (exact) mass is 335 g/mol. The van der Waals surface area contributed by atoms with Gasteiger partial charge in [0.05, 0.1) is 11.0 Å². The number of nitrogens with zero attached hydrogens (tertiary/aromatic N) is 3. The minimum atomic E-state index is 1.02. The van der Waals surface area contributed by atoms with Crippen molar-refractivity contribution in [3.05, 3.63) is 41.7 Å². The molecule has 0 atom stereocenters. The first kappa shape index (κ1) is 17.7. The minimum Gasteiger partial charge on any atom is -0.371 e. The largest absolute Gasteiger partial charge is 0.371 e. The third-order valence-electron chi connectivity index (χ3n) is 4.80. The molecule has 3 nitrogen and oxygen atoms in total. The Kier molecular flexibility index (Phi) is 5.52. The molecule has 0 fully saturated rings. The molecule has 0 unspecified atom stereocenters. The molecule has 0 N–H and O–H groups in total. The van der Waals surface area contributed by atoms with Crippen molar-refractivity contribution in [1.29, 1.82) is 0 Å². The maximum atomic E-state index is 4.86. The van der Waals surface area contributed by atoms with E-state index in [1.165, 1.54) is 42.1 Å². The molecule has 0 radical (unpaired) electrons. The second-order valence-corrected chi connectivity index (χ2v) is 6.96. The van der Waals surface area contributed by atoms with Gasteiger partial charge in [-0.25, -0.2) is 0 Å². The summed E-state index contributed by atoms with van der Waals surface area (Å²) in [4.78, 5) is 12.2. The first-order chi connectivity index (χ1) is 12.1. The van der Waals surface area contributed by atoms with E-state index in [2.05, 4.69) is 56.0 Å². The van der Waals surface area contributed by atoms with Crippen LogP contribution in [0.25, 0.3) is 21.8 Å². The van der Waals surface area contributed by atoms with Crippen LogP contribution in [0.3, 0.4) is 0 Å². The summed E-state index contributed by atoms with van der Waals surface area (Å²) in [5.74, 6) is 0. The van der Waals surface area contributed by atoms with Crippen LogP contribution in [-0.2, 0) is 0 Å². The molecule has 2 aromatic heterocycles. The topological polar surface area (TPSA) is 29.0 Å². The second-order valence-electron chi connectivity index (χ2n) is 6.96. The standard InChI is InChI=1S/C22H29N3/c1-5-7-13-25(14-8-6-2)20-15-18-11-9-16(3)23-21(18)22-19(20)12-10-17(4)24-22/h9-12,15H,5-8,13-14H2,1-4H3. The van der Waals surface area contributed by atoms with E-state index in [4.69, 9.17) is 9.97 Å². The summed E-state index contributed by atoms with van der Waals surface area (Å²) in [5.41, 5.74) is 5.45. The highest BCUT2D eigenvalue weighted by Crippen LogP contribution is 2.33. The Bertz CT molecular complexity index is 862. The summed E-state index contributed by atoms with van der Waals surface area (Å²) in [6.45, 7) is 10.8. The van der Waals surface area contributed by atoms with Crippen LogP contribution >= 0.6 is 0 Å². The lowest BCUT2D eigenvalue weighted by molar-refractivity contribution is 0.680. The van der Waals surface area contributed by atoms with Gasteiger partial charge in [-0.05, 0) is 51.0 Å². The molecule has 3 rings (SSSR count). The van der Waals surface area contributed by atoms with Gasteiger partial charge in [0.25, 0.3) is 0 Å². The summed E-state index contributed by atoms with van der Waals surface area (Å²) >= 11 is 0. The van der Waals surface area contributed by atoms with E-state index in [0.717, 1.165) is 35.5 Å². The van der Waals surface area contributed by atoms with E-state index in [9.17, 15) is 0 Å². The molecule has 3 heteroatoms. The highest BCUT2D eigenvalue weighted by molar-refractivity contribution is 6.09. The molecule has 25 heavy (non-hydrogen) atoms. The maximum Gasteiger partial charge on any atom is 0.0988 e. The van der Waals surface area contributed by atoms with Crippen molar-refractivity contribution in [2.45, 2.75) is 53.4 Å².